The molecule has 0 saturated heterocycles. The molecule has 20 heavy (non-hydrogen) atoms. The number of aromatic amines is 1. The summed E-state index contributed by atoms with van der Waals surface area (Å²) < 4.78 is 0. The average Bonchev–Trinajstić information content (AvgIpc) is 2.84. The molecule has 1 aromatic carbocycles. The molecule has 2 aromatic heterocycles. The summed E-state index contributed by atoms with van der Waals surface area (Å²) >= 11 is 6.18. The summed E-state index contributed by atoms with van der Waals surface area (Å²) in [6, 6.07) is 8.98. The fourth-order valence-electron chi connectivity index (χ4n) is 1.90. The largest absolute Gasteiger partial charge is 0.305 e. The average molecular weight is 287 g/mol. The third kappa shape index (κ3) is 2.23. The number of halogens is 1. The highest BCUT2D eigenvalue weighted by Gasteiger charge is 2.13. The van der Waals surface area contributed by atoms with Crippen LogP contribution < -0.4 is 5.32 Å². The molecule has 0 aliphatic rings. The van der Waals surface area contributed by atoms with Crippen molar-refractivity contribution in [1.82, 2.24) is 15.2 Å². The quantitative estimate of drug-likeness (QED) is 0.760. The van der Waals surface area contributed by atoms with Crippen molar-refractivity contribution < 1.29 is 4.79 Å². The van der Waals surface area contributed by atoms with Gasteiger partial charge in [0.1, 0.15) is 11.5 Å². The van der Waals surface area contributed by atoms with Crippen molar-refractivity contribution >= 4 is 34.2 Å². The Morgan fingerprint density at radius 2 is 2.15 bits per heavy atom. The van der Waals surface area contributed by atoms with Gasteiger partial charge in [-0.1, -0.05) is 29.8 Å². The zero-order valence-corrected chi connectivity index (χ0v) is 11.4. The SMILES string of the molecule is Cc1cn[nH]c1NC(=O)c1cc(Cl)c2ccccc2n1. The summed E-state index contributed by atoms with van der Waals surface area (Å²) in [5, 5.41) is 10.6. The number of carbonyl (C=O) groups excluding carboxylic acids is 1. The molecule has 0 bridgehead atoms. The van der Waals surface area contributed by atoms with Crippen LogP contribution in [0.15, 0.2) is 36.5 Å². The van der Waals surface area contributed by atoms with Gasteiger partial charge in [-0.2, -0.15) is 5.10 Å². The minimum Gasteiger partial charge on any atom is -0.305 e. The molecule has 100 valence electrons. The predicted molar refractivity (Wildman–Crippen MR) is 78.0 cm³/mol. The number of benzene rings is 1. The Morgan fingerprint density at radius 1 is 1.35 bits per heavy atom. The Bertz CT molecular complexity index is 797. The number of amides is 1. The zero-order valence-electron chi connectivity index (χ0n) is 10.6. The molecule has 6 heteroatoms. The lowest BCUT2D eigenvalue weighted by Gasteiger charge is -2.06. The van der Waals surface area contributed by atoms with E-state index in [0.29, 0.717) is 16.4 Å². The van der Waals surface area contributed by atoms with Crippen LogP contribution in [0.3, 0.4) is 0 Å². The van der Waals surface area contributed by atoms with Crippen molar-refractivity contribution in [3.05, 3.63) is 52.8 Å². The maximum atomic E-state index is 12.2. The number of aryl methyl sites for hydroxylation is 1. The van der Waals surface area contributed by atoms with Crippen LogP contribution in [-0.2, 0) is 0 Å². The fourth-order valence-corrected chi connectivity index (χ4v) is 2.16. The molecule has 3 rings (SSSR count). The van der Waals surface area contributed by atoms with E-state index in [1.54, 1.807) is 12.3 Å². The number of nitrogens with zero attached hydrogens (tertiary/aromatic N) is 2. The van der Waals surface area contributed by atoms with Crippen LogP contribution in [0.2, 0.25) is 5.02 Å². The first-order valence-corrected chi connectivity index (χ1v) is 6.39. The van der Waals surface area contributed by atoms with Gasteiger partial charge in [0, 0.05) is 10.9 Å². The second-order valence-corrected chi connectivity index (χ2v) is 4.80. The molecule has 0 unspecified atom stereocenters. The van der Waals surface area contributed by atoms with E-state index in [-0.39, 0.29) is 11.6 Å². The van der Waals surface area contributed by atoms with E-state index in [9.17, 15) is 4.79 Å². The van der Waals surface area contributed by atoms with Crippen molar-refractivity contribution in [2.75, 3.05) is 5.32 Å². The number of fused-ring (bicyclic) bond motifs is 1. The van der Waals surface area contributed by atoms with E-state index in [4.69, 9.17) is 11.6 Å². The van der Waals surface area contributed by atoms with Crippen molar-refractivity contribution in [2.24, 2.45) is 0 Å². The van der Waals surface area contributed by atoms with Crippen LogP contribution >= 0.6 is 11.6 Å². The van der Waals surface area contributed by atoms with Crippen molar-refractivity contribution in [3.8, 4) is 0 Å². The minimum atomic E-state index is -0.329. The van der Waals surface area contributed by atoms with E-state index in [1.165, 1.54) is 0 Å². The Balaban J connectivity index is 1.98. The second kappa shape index (κ2) is 4.94. The van der Waals surface area contributed by atoms with Gasteiger partial charge in [0.15, 0.2) is 0 Å². The third-order valence-electron chi connectivity index (χ3n) is 2.97. The lowest BCUT2D eigenvalue weighted by molar-refractivity contribution is 0.102. The van der Waals surface area contributed by atoms with Crippen LogP contribution in [0.1, 0.15) is 16.1 Å². The molecule has 0 atom stereocenters. The zero-order chi connectivity index (χ0) is 14.1. The summed E-state index contributed by atoms with van der Waals surface area (Å²) in [6.07, 6.45) is 1.64. The lowest BCUT2D eigenvalue weighted by atomic mass is 10.2. The molecule has 0 aliphatic carbocycles. The van der Waals surface area contributed by atoms with Gasteiger partial charge in [0.25, 0.3) is 5.91 Å². The number of nitrogens with one attached hydrogen (secondary N) is 2. The van der Waals surface area contributed by atoms with Gasteiger partial charge in [0.2, 0.25) is 0 Å². The molecule has 0 spiro atoms. The number of aromatic nitrogens is 3. The predicted octanol–water partition coefficient (Wildman–Crippen LogP) is 3.17. The number of pyridine rings is 1. The van der Waals surface area contributed by atoms with Crippen LogP contribution in [0.5, 0.6) is 0 Å². The van der Waals surface area contributed by atoms with Crippen molar-refractivity contribution in [3.63, 3.8) is 0 Å². The normalized spacial score (nSPS) is 10.7. The molecule has 2 N–H and O–H groups in total. The Labute approximate surface area is 120 Å². The Kier molecular flexibility index (Phi) is 3.12. The molecular formula is C14H11ClN4O. The lowest BCUT2D eigenvalue weighted by Crippen LogP contribution is -2.14. The number of rotatable bonds is 2. The molecule has 0 aliphatic heterocycles. The Morgan fingerprint density at radius 3 is 2.90 bits per heavy atom. The highest BCUT2D eigenvalue weighted by atomic mass is 35.5. The van der Waals surface area contributed by atoms with E-state index < -0.39 is 0 Å². The van der Waals surface area contributed by atoms with Crippen LogP contribution in [0.4, 0.5) is 5.82 Å². The monoisotopic (exact) mass is 286 g/mol. The van der Waals surface area contributed by atoms with Gasteiger partial charge in [-0.05, 0) is 19.1 Å². The molecule has 1 amide bonds. The summed E-state index contributed by atoms with van der Waals surface area (Å²) in [5.74, 6) is 0.228. The highest BCUT2D eigenvalue weighted by molar-refractivity contribution is 6.35. The number of para-hydroxylation sites is 1. The maximum Gasteiger partial charge on any atom is 0.275 e. The van der Waals surface area contributed by atoms with Gasteiger partial charge in [0.05, 0.1) is 16.7 Å². The first-order valence-electron chi connectivity index (χ1n) is 6.02. The second-order valence-electron chi connectivity index (χ2n) is 4.39. The fraction of sp³-hybridized carbons (Fsp3) is 0.0714. The van der Waals surface area contributed by atoms with Crippen molar-refractivity contribution in [1.29, 1.82) is 0 Å². The third-order valence-corrected chi connectivity index (χ3v) is 3.28. The first-order chi connectivity index (χ1) is 9.65. The molecule has 5 nitrogen and oxygen atoms in total. The molecule has 2 heterocycles. The van der Waals surface area contributed by atoms with E-state index in [1.807, 2.05) is 31.2 Å². The number of hydrogen-bond donors (Lipinski definition) is 2. The summed E-state index contributed by atoms with van der Waals surface area (Å²) in [5.41, 5.74) is 1.81. The van der Waals surface area contributed by atoms with E-state index >= 15 is 0 Å². The summed E-state index contributed by atoms with van der Waals surface area (Å²) in [6.45, 7) is 1.85. The van der Waals surface area contributed by atoms with Crippen LogP contribution in [0, 0.1) is 6.92 Å². The number of anilines is 1. The minimum absolute atomic E-state index is 0.266. The van der Waals surface area contributed by atoms with E-state index in [0.717, 1.165) is 10.9 Å². The number of carbonyl (C=O) groups is 1. The van der Waals surface area contributed by atoms with Gasteiger partial charge >= 0.3 is 0 Å². The van der Waals surface area contributed by atoms with E-state index in [2.05, 4.69) is 20.5 Å². The Hall–Kier alpha value is -2.40. The molecule has 0 fully saturated rings. The molecule has 0 saturated carbocycles. The van der Waals surface area contributed by atoms with Gasteiger partial charge in [-0.3, -0.25) is 9.89 Å². The standard InChI is InChI=1S/C14H11ClN4O/c1-8-7-16-19-13(8)18-14(20)12-6-10(15)9-4-2-3-5-11(9)17-12/h2-7H,1H3,(H2,16,18,19,20). The van der Waals surface area contributed by atoms with Gasteiger partial charge < -0.3 is 5.32 Å². The summed E-state index contributed by atoms with van der Waals surface area (Å²) in [7, 11) is 0. The van der Waals surface area contributed by atoms with Crippen LogP contribution in [-0.4, -0.2) is 21.1 Å². The van der Waals surface area contributed by atoms with Gasteiger partial charge in [-0.15, -0.1) is 0 Å². The number of H-pyrrole nitrogens is 1. The maximum absolute atomic E-state index is 12.2. The number of hydrogen-bond acceptors (Lipinski definition) is 3. The molecule has 0 radical (unpaired) electrons. The smallest absolute Gasteiger partial charge is 0.275 e. The topological polar surface area (TPSA) is 70.7 Å². The highest BCUT2D eigenvalue weighted by Crippen LogP contribution is 2.23. The summed E-state index contributed by atoms with van der Waals surface area (Å²) in [4.78, 5) is 16.5. The van der Waals surface area contributed by atoms with Crippen molar-refractivity contribution in [2.45, 2.75) is 6.92 Å². The van der Waals surface area contributed by atoms with Crippen LogP contribution in [0.25, 0.3) is 10.9 Å². The first kappa shape index (κ1) is 12.6. The molecule has 3 aromatic rings. The molecular weight excluding hydrogens is 276 g/mol. The van der Waals surface area contributed by atoms with Gasteiger partial charge in [-0.25, -0.2) is 4.98 Å².